The lowest BCUT2D eigenvalue weighted by Crippen LogP contribution is -2.30. The van der Waals surface area contributed by atoms with Crippen LogP contribution >= 0.6 is 11.6 Å². The van der Waals surface area contributed by atoms with Gasteiger partial charge in [-0.2, -0.15) is 0 Å². The van der Waals surface area contributed by atoms with Crippen molar-refractivity contribution < 1.29 is 0 Å². The number of nitrogens with zero attached hydrogens (tertiary/aromatic N) is 2. The molecule has 0 aliphatic heterocycles. The van der Waals surface area contributed by atoms with Crippen LogP contribution in [0.5, 0.6) is 0 Å². The van der Waals surface area contributed by atoms with Crippen LogP contribution in [0, 0.1) is 5.92 Å². The molecule has 0 saturated heterocycles. The zero-order chi connectivity index (χ0) is 11.0. The highest BCUT2D eigenvalue weighted by Gasteiger charge is 2.27. The molecule has 3 rings (SSSR count). The Morgan fingerprint density at radius 1 is 1.31 bits per heavy atom. The fraction of sp³-hybridized carbons (Fsp3) is 0.667. The lowest BCUT2D eigenvalue weighted by Gasteiger charge is -2.31. The van der Waals surface area contributed by atoms with Gasteiger partial charge in [-0.25, -0.2) is 9.97 Å². The Labute approximate surface area is 101 Å². The predicted molar refractivity (Wildman–Crippen MR) is 64.9 cm³/mol. The molecule has 1 heterocycles. The second-order valence-corrected chi connectivity index (χ2v) is 5.43. The standard InChI is InChI=1S/C12H16ClN3/c13-9-4-8(5-9)6-14-12-10-2-1-3-11(10)15-7-16-12/h7-9H,1-6H2,(H,14,15,16). The fourth-order valence-corrected chi connectivity index (χ4v) is 3.08. The van der Waals surface area contributed by atoms with Crippen molar-refractivity contribution in [1.82, 2.24) is 9.97 Å². The molecule has 1 saturated carbocycles. The molecule has 1 N–H and O–H groups in total. The largest absolute Gasteiger partial charge is 0.369 e. The van der Waals surface area contributed by atoms with E-state index in [0.29, 0.717) is 5.38 Å². The summed E-state index contributed by atoms with van der Waals surface area (Å²) in [5.41, 5.74) is 2.57. The van der Waals surface area contributed by atoms with Crippen molar-refractivity contribution in [3.05, 3.63) is 17.6 Å². The highest BCUT2D eigenvalue weighted by Crippen LogP contribution is 2.32. The van der Waals surface area contributed by atoms with E-state index in [0.717, 1.165) is 44.0 Å². The van der Waals surface area contributed by atoms with Crippen LogP contribution in [0.1, 0.15) is 30.5 Å². The number of hydrogen-bond donors (Lipinski definition) is 1. The molecule has 1 aromatic heterocycles. The summed E-state index contributed by atoms with van der Waals surface area (Å²) in [5.74, 6) is 1.79. The van der Waals surface area contributed by atoms with E-state index >= 15 is 0 Å². The molecule has 0 radical (unpaired) electrons. The average Bonchev–Trinajstić information content (AvgIpc) is 2.71. The first kappa shape index (κ1) is 10.3. The van der Waals surface area contributed by atoms with Crippen molar-refractivity contribution in [3.8, 4) is 0 Å². The molecule has 0 atom stereocenters. The molecule has 0 unspecified atom stereocenters. The second-order valence-electron chi connectivity index (χ2n) is 4.82. The summed E-state index contributed by atoms with van der Waals surface area (Å²) in [5, 5.41) is 3.86. The molecule has 3 nitrogen and oxygen atoms in total. The number of hydrogen-bond acceptors (Lipinski definition) is 3. The first-order valence-electron chi connectivity index (χ1n) is 6.03. The van der Waals surface area contributed by atoms with E-state index in [4.69, 9.17) is 11.6 Å². The fourth-order valence-electron chi connectivity index (χ4n) is 2.57. The quantitative estimate of drug-likeness (QED) is 0.821. The number of aromatic nitrogens is 2. The summed E-state index contributed by atoms with van der Waals surface area (Å²) >= 11 is 5.97. The summed E-state index contributed by atoms with van der Waals surface area (Å²) in [6.07, 6.45) is 7.41. The Hall–Kier alpha value is -0.830. The summed E-state index contributed by atoms with van der Waals surface area (Å²) < 4.78 is 0. The predicted octanol–water partition coefficient (Wildman–Crippen LogP) is 2.39. The smallest absolute Gasteiger partial charge is 0.132 e. The van der Waals surface area contributed by atoms with E-state index in [2.05, 4.69) is 15.3 Å². The van der Waals surface area contributed by atoms with Crippen LogP contribution < -0.4 is 5.32 Å². The number of rotatable bonds is 3. The van der Waals surface area contributed by atoms with Crippen LogP contribution in [0.4, 0.5) is 5.82 Å². The molecule has 2 aliphatic rings. The van der Waals surface area contributed by atoms with Crippen molar-refractivity contribution in [2.75, 3.05) is 11.9 Å². The molecule has 86 valence electrons. The number of fused-ring (bicyclic) bond motifs is 1. The van der Waals surface area contributed by atoms with Crippen LogP contribution in [-0.4, -0.2) is 21.9 Å². The molecule has 4 heteroatoms. The monoisotopic (exact) mass is 237 g/mol. The molecule has 2 aliphatic carbocycles. The van der Waals surface area contributed by atoms with Gasteiger partial charge in [0.2, 0.25) is 0 Å². The van der Waals surface area contributed by atoms with Gasteiger partial charge in [0.15, 0.2) is 0 Å². The Morgan fingerprint density at radius 2 is 2.19 bits per heavy atom. The molecule has 1 aromatic rings. The van der Waals surface area contributed by atoms with Crippen LogP contribution in [0.15, 0.2) is 6.33 Å². The molecule has 0 amide bonds. The Bertz CT molecular complexity index is 388. The van der Waals surface area contributed by atoms with Crippen LogP contribution in [0.3, 0.4) is 0 Å². The zero-order valence-corrected chi connectivity index (χ0v) is 10.0. The summed E-state index contributed by atoms with van der Waals surface area (Å²) in [6, 6.07) is 0. The maximum Gasteiger partial charge on any atom is 0.132 e. The van der Waals surface area contributed by atoms with Gasteiger partial charge in [0.05, 0.1) is 0 Å². The van der Waals surface area contributed by atoms with Gasteiger partial charge in [0, 0.05) is 23.2 Å². The van der Waals surface area contributed by atoms with Gasteiger partial charge in [-0.05, 0) is 38.0 Å². The molecule has 0 bridgehead atoms. The average molecular weight is 238 g/mol. The van der Waals surface area contributed by atoms with Gasteiger partial charge < -0.3 is 5.32 Å². The Kier molecular flexibility index (Phi) is 2.72. The van der Waals surface area contributed by atoms with Crippen molar-refractivity contribution in [3.63, 3.8) is 0 Å². The first-order chi connectivity index (χ1) is 7.83. The first-order valence-corrected chi connectivity index (χ1v) is 6.47. The lowest BCUT2D eigenvalue weighted by molar-refractivity contribution is 0.341. The Balaban J connectivity index is 1.64. The van der Waals surface area contributed by atoms with Gasteiger partial charge in [-0.3, -0.25) is 0 Å². The third-order valence-corrected chi connectivity index (χ3v) is 3.97. The maximum atomic E-state index is 5.97. The van der Waals surface area contributed by atoms with Crippen molar-refractivity contribution in [2.24, 2.45) is 5.92 Å². The highest BCUT2D eigenvalue weighted by molar-refractivity contribution is 6.21. The van der Waals surface area contributed by atoms with E-state index in [1.54, 1.807) is 6.33 Å². The molecule has 0 aromatic carbocycles. The van der Waals surface area contributed by atoms with Crippen LogP contribution in [-0.2, 0) is 12.8 Å². The van der Waals surface area contributed by atoms with E-state index < -0.39 is 0 Å². The second kappa shape index (κ2) is 4.21. The number of halogens is 1. The van der Waals surface area contributed by atoms with Gasteiger partial charge in [-0.1, -0.05) is 0 Å². The van der Waals surface area contributed by atoms with Gasteiger partial charge in [0.1, 0.15) is 12.1 Å². The normalized spacial score (nSPS) is 27.3. The van der Waals surface area contributed by atoms with Crippen molar-refractivity contribution >= 4 is 17.4 Å². The number of anilines is 1. The minimum atomic E-state index is 0.405. The maximum absolute atomic E-state index is 5.97. The molecule has 1 fully saturated rings. The number of nitrogens with one attached hydrogen (secondary N) is 1. The lowest BCUT2D eigenvalue weighted by atomic mass is 9.85. The number of aryl methyl sites for hydroxylation is 1. The minimum Gasteiger partial charge on any atom is -0.369 e. The SMILES string of the molecule is ClC1CC(CNc2ncnc3c2CCC3)C1. The third-order valence-electron chi connectivity index (χ3n) is 3.61. The Morgan fingerprint density at radius 3 is 3.00 bits per heavy atom. The van der Waals surface area contributed by atoms with Crippen molar-refractivity contribution in [1.29, 1.82) is 0 Å². The molecule has 16 heavy (non-hydrogen) atoms. The molecule has 0 spiro atoms. The third kappa shape index (κ3) is 1.88. The van der Waals surface area contributed by atoms with Gasteiger partial charge >= 0.3 is 0 Å². The van der Waals surface area contributed by atoms with Crippen molar-refractivity contribution in [2.45, 2.75) is 37.5 Å². The zero-order valence-electron chi connectivity index (χ0n) is 9.25. The summed E-state index contributed by atoms with van der Waals surface area (Å²) in [7, 11) is 0. The number of alkyl halides is 1. The summed E-state index contributed by atoms with van der Waals surface area (Å²) in [6.45, 7) is 1.01. The van der Waals surface area contributed by atoms with Crippen LogP contribution in [0.2, 0.25) is 0 Å². The van der Waals surface area contributed by atoms with Gasteiger partial charge in [0.25, 0.3) is 0 Å². The van der Waals surface area contributed by atoms with E-state index in [1.807, 2.05) is 0 Å². The highest BCUT2D eigenvalue weighted by atomic mass is 35.5. The minimum absolute atomic E-state index is 0.405. The van der Waals surface area contributed by atoms with Gasteiger partial charge in [-0.15, -0.1) is 11.6 Å². The molecular formula is C12H16ClN3. The van der Waals surface area contributed by atoms with E-state index in [-0.39, 0.29) is 0 Å². The topological polar surface area (TPSA) is 37.8 Å². The summed E-state index contributed by atoms with van der Waals surface area (Å²) in [4.78, 5) is 8.67. The van der Waals surface area contributed by atoms with Crippen LogP contribution in [0.25, 0.3) is 0 Å². The van der Waals surface area contributed by atoms with E-state index in [9.17, 15) is 0 Å². The molecular weight excluding hydrogens is 222 g/mol. The van der Waals surface area contributed by atoms with E-state index in [1.165, 1.54) is 17.7 Å².